The largest absolute Gasteiger partial charge is 0.493 e. The maximum Gasteiger partial charge on any atom is 0.343 e. The van der Waals surface area contributed by atoms with Gasteiger partial charge in [0.15, 0.2) is 5.78 Å². The average molecular weight is 497 g/mol. The second-order valence-corrected chi connectivity index (χ2v) is 9.27. The topological polar surface area (TPSA) is 69.7 Å². The van der Waals surface area contributed by atoms with Crippen LogP contribution in [0.25, 0.3) is 5.57 Å². The number of benzene rings is 3. The number of rotatable bonds is 11. The fourth-order valence-corrected chi connectivity index (χ4v) is 4.47. The van der Waals surface area contributed by atoms with Crippen LogP contribution in [-0.2, 0) is 16.1 Å². The van der Waals surface area contributed by atoms with Gasteiger partial charge in [0.1, 0.15) is 17.9 Å². The lowest BCUT2D eigenvalue weighted by Crippen LogP contribution is -2.27. The molecule has 1 unspecified atom stereocenters. The van der Waals surface area contributed by atoms with Crippen molar-refractivity contribution in [2.24, 2.45) is 5.92 Å². The number of unbranched alkanes of at least 4 members (excludes halogenated alkanes) is 1. The van der Waals surface area contributed by atoms with E-state index in [0.29, 0.717) is 23.7 Å². The zero-order valence-corrected chi connectivity index (χ0v) is 21.4. The van der Waals surface area contributed by atoms with Crippen LogP contribution in [0.2, 0.25) is 0 Å². The summed E-state index contributed by atoms with van der Waals surface area (Å²) in [5.74, 6) is -0.374. The number of esters is 1. The van der Waals surface area contributed by atoms with Crippen LogP contribution in [-0.4, -0.2) is 24.1 Å². The molecule has 0 aliphatic heterocycles. The molecule has 0 N–H and O–H groups in total. The van der Waals surface area contributed by atoms with Crippen LogP contribution in [0, 0.1) is 5.92 Å². The number of allylic oxidation sites excluding steroid dienone is 1. The molecule has 0 fully saturated rings. The minimum absolute atomic E-state index is 0.0259. The standard InChI is InChI=1S/C32H32O5/c1-3-5-11-22(4-2)20-36-25-18-16-23(17-19-25)21-37-32(35)29-28(24-12-7-6-8-13-24)30(33)26-14-9-10-15-27(26)31(29)34/h6-10,12-19,22H,3-5,11,20-21H2,1-2H3. The maximum absolute atomic E-state index is 13.3. The minimum atomic E-state index is -0.811. The van der Waals surface area contributed by atoms with Crippen LogP contribution < -0.4 is 4.74 Å². The van der Waals surface area contributed by atoms with Crippen LogP contribution in [0.4, 0.5) is 0 Å². The van der Waals surface area contributed by atoms with E-state index in [4.69, 9.17) is 9.47 Å². The molecule has 37 heavy (non-hydrogen) atoms. The molecular formula is C32H32O5. The van der Waals surface area contributed by atoms with Gasteiger partial charge >= 0.3 is 5.97 Å². The number of hydrogen-bond donors (Lipinski definition) is 0. The fourth-order valence-electron chi connectivity index (χ4n) is 4.47. The molecule has 4 rings (SSSR count). The van der Waals surface area contributed by atoms with Gasteiger partial charge < -0.3 is 9.47 Å². The summed E-state index contributed by atoms with van der Waals surface area (Å²) in [6.45, 7) is 5.03. The number of carbonyl (C=O) groups is 3. The van der Waals surface area contributed by atoms with Crippen molar-refractivity contribution in [1.82, 2.24) is 0 Å². The summed E-state index contributed by atoms with van der Waals surface area (Å²) >= 11 is 0. The van der Waals surface area contributed by atoms with E-state index >= 15 is 0 Å². The van der Waals surface area contributed by atoms with E-state index in [1.54, 1.807) is 48.5 Å². The second-order valence-electron chi connectivity index (χ2n) is 9.27. The summed E-state index contributed by atoms with van der Waals surface area (Å²) in [6.07, 6.45) is 4.63. The zero-order chi connectivity index (χ0) is 26.2. The lowest BCUT2D eigenvalue weighted by atomic mass is 9.81. The Hall–Kier alpha value is -3.99. The van der Waals surface area contributed by atoms with Crippen LogP contribution in [0.5, 0.6) is 5.75 Å². The molecule has 5 nitrogen and oxygen atoms in total. The smallest absolute Gasteiger partial charge is 0.343 e. The van der Waals surface area contributed by atoms with Crippen molar-refractivity contribution in [3.63, 3.8) is 0 Å². The van der Waals surface area contributed by atoms with Gasteiger partial charge in [-0.1, -0.05) is 99.8 Å². The molecular weight excluding hydrogens is 464 g/mol. The van der Waals surface area contributed by atoms with E-state index in [-0.39, 0.29) is 29.1 Å². The van der Waals surface area contributed by atoms with Crippen molar-refractivity contribution < 1.29 is 23.9 Å². The lowest BCUT2D eigenvalue weighted by molar-refractivity contribution is -0.139. The third-order valence-electron chi connectivity index (χ3n) is 6.71. The predicted molar refractivity (Wildman–Crippen MR) is 144 cm³/mol. The van der Waals surface area contributed by atoms with Crippen molar-refractivity contribution in [3.05, 3.63) is 107 Å². The molecule has 190 valence electrons. The van der Waals surface area contributed by atoms with E-state index < -0.39 is 11.8 Å². The van der Waals surface area contributed by atoms with Crippen molar-refractivity contribution in [1.29, 1.82) is 0 Å². The number of Topliss-reactive ketones (excluding diaryl/α,β-unsaturated/α-hetero) is 2. The van der Waals surface area contributed by atoms with E-state index in [2.05, 4.69) is 13.8 Å². The number of fused-ring (bicyclic) bond motifs is 1. The highest BCUT2D eigenvalue weighted by Gasteiger charge is 2.37. The molecule has 0 spiro atoms. The Balaban J connectivity index is 1.48. The predicted octanol–water partition coefficient (Wildman–Crippen LogP) is 6.86. The molecule has 0 heterocycles. The Labute approximate surface area is 218 Å². The first-order valence-corrected chi connectivity index (χ1v) is 12.9. The van der Waals surface area contributed by atoms with Gasteiger partial charge in [0.25, 0.3) is 0 Å². The Morgan fingerprint density at radius 1 is 0.811 bits per heavy atom. The number of ether oxygens (including phenoxy) is 2. The summed E-state index contributed by atoms with van der Waals surface area (Å²) in [4.78, 5) is 39.9. The summed E-state index contributed by atoms with van der Waals surface area (Å²) in [7, 11) is 0. The van der Waals surface area contributed by atoms with Gasteiger partial charge in [-0.2, -0.15) is 0 Å². The first-order valence-electron chi connectivity index (χ1n) is 12.9. The summed E-state index contributed by atoms with van der Waals surface area (Å²) < 4.78 is 11.5. The van der Waals surface area contributed by atoms with Crippen LogP contribution in [0.15, 0.2) is 84.4 Å². The lowest BCUT2D eigenvalue weighted by Gasteiger charge is -2.20. The Morgan fingerprint density at radius 2 is 1.46 bits per heavy atom. The number of carbonyl (C=O) groups excluding carboxylic acids is 3. The maximum atomic E-state index is 13.3. The second kappa shape index (κ2) is 12.3. The molecule has 0 aromatic heterocycles. The summed E-state index contributed by atoms with van der Waals surface area (Å²) in [5, 5.41) is 0. The van der Waals surface area contributed by atoms with Crippen LogP contribution in [0.3, 0.4) is 0 Å². The monoisotopic (exact) mass is 496 g/mol. The quantitative estimate of drug-likeness (QED) is 0.214. The molecule has 0 bridgehead atoms. The molecule has 0 radical (unpaired) electrons. The normalized spacial score (nSPS) is 13.8. The SMILES string of the molecule is CCCCC(CC)COc1ccc(COC(=O)C2=C(c3ccccc3)C(=O)c3ccccc3C2=O)cc1. The van der Waals surface area contributed by atoms with Gasteiger partial charge in [0.05, 0.1) is 6.61 Å². The third kappa shape index (κ3) is 6.05. The fraction of sp³-hybridized carbons (Fsp3) is 0.281. The Morgan fingerprint density at radius 3 is 2.11 bits per heavy atom. The molecule has 0 saturated carbocycles. The molecule has 1 atom stereocenters. The van der Waals surface area contributed by atoms with E-state index in [1.165, 1.54) is 12.8 Å². The molecule has 0 saturated heterocycles. The van der Waals surface area contributed by atoms with Crippen LogP contribution >= 0.6 is 0 Å². The first kappa shape index (κ1) is 26.1. The van der Waals surface area contributed by atoms with E-state index in [1.807, 2.05) is 30.3 Å². The highest BCUT2D eigenvalue weighted by molar-refractivity contribution is 6.46. The molecule has 3 aromatic carbocycles. The van der Waals surface area contributed by atoms with E-state index in [0.717, 1.165) is 24.2 Å². The molecule has 5 heteroatoms. The van der Waals surface area contributed by atoms with E-state index in [9.17, 15) is 14.4 Å². The minimum Gasteiger partial charge on any atom is -0.493 e. The van der Waals surface area contributed by atoms with Gasteiger partial charge in [-0.3, -0.25) is 9.59 Å². The molecule has 1 aliphatic carbocycles. The van der Waals surface area contributed by atoms with Gasteiger partial charge in [-0.15, -0.1) is 0 Å². The summed E-state index contributed by atoms with van der Waals surface area (Å²) in [5.41, 5.74) is 1.62. The molecule has 1 aliphatic rings. The average Bonchev–Trinajstić information content (AvgIpc) is 2.94. The van der Waals surface area contributed by atoms with Crippen molar-refractivity contribution in [2.75, 3.05) is 6.61 Å². The van der Waals surface area contributed by atoms with Crippen molar-refractivity contribution in [3.8, 4) is 5.75 Å². The number of hydrogen-bond acceptors (Lipinski definition) is 5. The van der Waals surface area contributed by atoms with Gasteiger partial charge in [-0.25, -0.2) is 4.79 Å². The highest BCUT2D eigenvalue weighted by Crippen LogP contribution is 2.33. The summed E-state index contributed by atoms with van der Waals surface area (Å²) in [6, 6.07) is 22.7. The van der Waals surface area contributed by atoms with Gasteiger partial charge in [0.2, 0.25) is 5.78 Å². The van der Waals surface area contributed by atoms with Crippen molar-refractivity contribution >= 4 is 23.1 Å². The molecule has 0 amide bonds. The number of ketones is 2. The first-order chi connectivity index (χ1) is 18.0. The Bertz CT molecular complexity index is 1290. The zero-order valence-electron chi connectivity index (χ0n) is 21.4. The third-order valence-corrected chi connectivity index (χ3v) is 6.71. The van der Waals surface area contributed by atoms with Crippen molar-refractivity contribution in [2.45, 2.75) is 46.1 Å². The van der Waals surface area contributed by atoms with Gasteiger partial charge in [0, 0.05) is 16.7 Å². The highest BCUT2D eigenvalue weighted by atomic mass is 16.5. The Kier molecular flexibility index (Phi) is 8.68. The van der Waals surface area contributed by atoms with Gasteiger partial charge in [-0.05, 0) is 35.6 Å². The molecule has 3 aromatic rings. The van der Waals surface area contributed by atoms with Crippen LogP contribution in [0.1, 0.15) is 71.4 Å².